The van der Waals surface area contributed by atoms with Crippen LogP contribution < -0.4 is 5.32 Å². The summed E-state index contributed by atoms with van der Waals surface area (Å²) >= 11 is 0. The van der Waals surface area contributed by atoms with Crippen molar-refractivity contribution >= 4 is 0 Å². The molecule has 0 radical (unpaired) electrons. The van der Waals surface area contributed by atoms with Crippen molar-refractivity contribution in [3.63, 3.8) is 0 Å². The van der Waals surface area contributed by atoms with E-state index in [0.717, 1.165) is 24.0 Å². The topological polar surface area (TPSA) is 39.1 Å². The fourth-order valence-corrected chi connectivity index (χ4v) is 1.97. The van der Waals surface area contributed by atoms with Gasteiger partial charge in [-0.2, -0.15) is 8.78 Å². The number of nitrogens with one attached hydrogen (secondary N) is 1. The smallest absolute Gasteiger partial charge is 0.319 e. The number of hydrogen-bond donors (Lipinski definition) is 1. The van der Waals surface area contributed by atoms with Gasteiger partial charge in [0.1, 0.15) is 5.82 Å². The van der Waals surface area contributed by atoms with Crippen molar-refractivity contribution < 1.29 is 13.5 Å². The SMILES string of the molecule is FC(F)n1ccnc1CNCC1CCCCO1. The molecule has 1 N–H and O–H groups in total. The summed E-state index contributed by atoms with van der Waals surface area (Å²) in [5, 5.41) is 3.11. The Morgan fingerprint density at radius 1 is 1.53 bits per heavy atom. The van der Waals surface area contributed by atoms with Crippen LogP contribution in [-0.2, 0) is 11.3 Å². The van der Waals surface area contributed by atoms with Crippen LogP contribution in [0.3, 0.4) is 0 Å². The van der Waals surface area contributed by atoms with Crippen molar-refractivity contribution in [1.82, 2.24) is 14.9 Å². The Morgan fingerprint density at radius 3 is 3.12 bits per heavy atom. The highest BCUT2D eigenvalue weighted by molar-refractivity contribution is 4.92. The first-order valence-corrected chi connectivity index (χ1v) is 5.89. The maximum atomic E-state index is 12.5. The molecule has 17 heavy (non-hydrogen) atoms. The minimum absolute atomic E-state index is 0.207. The van der Waals surface area contributed by atoms with Gasteiger partial charge in [0.15, 0.2) is 0 Å². The van der Waals surface area contributed by atoms with Crippen LogP contribution in [0.15, 0.2) is 12.4 Å². The third kappa shape index (κ3) is 3.47. The van der Waals surface area contributed by atoms with Crippen molar-refractivity contribution in [2.45, 2.75) is 38.5 Å². The average Bonchev–Trinajstić information content (AvgIpc) is 2.79. The van der Waals surface area contributed by atoms with Crippen LogP contribution in [0.2, 0.25) is 0 Å². The van der Waals surface area contributed by atoms with Gasteiger partial charge in [0.05, 0.1) is 12.6 Å². The molecule has 4 nitrogen and oxygen atoms in total. The number of imidazole rings is 1. The molecule has 0 aromatic carbocycles. The maximum Gasteiger partial charge on any atom is 0.319 e. The van der Waals surface area contributed by atoms with Gasteiger partial charge >= 0.3 is 6.55 Å². The van der Waals surface area contributed by atoms with Gasteiger partial charge in [0.25, 0.3) is 0 Å². The van der Waals surface area contributed by atoms with E-state index in [4.69, 9.17) is 4.74 Å². The molecule has 1 unspecified atom stereocenters. The fraction of sp³-hybridized carbons (Fsp3) is 0.727. The van der Waals surface area contributed by atoms with Gasteiger partial charge in [-0.1, -0.05) is 0 Å². The second-order valence-electron chi connectivity index (χ2n) is 4.15. The maximum absolute atomic E-state index is 12.5. The van der Waals surface area contributed by atoms with Gasteiger partial charge < -0.3 is 10.1 Å². The molecule has 1 aromatic rings. The van der Waals surface area contributed by atoms with Crippen LogP contribution in [-0.4, -0.2) is 28.8 Å². The minimum Gasteiger partial charge on any atom is -0.377 e. The summed E-state index contributed by atoms with van der Waals surface area (Å²) in [6, 6.07) is 0. The highest BCUT2D eigenvalue weighted by atomic mass is 19.3. The van der Waals surface area contributed by atoms with Crippen LogP contribution >= 0.6 is 0 Å². The van der Waals surface area contributed by atoms with Crippen molar-refractivity contribution in [2.24, 2.45) is 0 Å². The molecule has 1 aromatic heterocycles. The van der Waals surface area contributed by atoms with E-state index in [9.17, 15) is 8.78 Å². The van der Waals surface area contributed by atoms with E-state index >= 15 is 0 Å². The zero-order chi connectivity index (χ0) is 12.1. The van der Waals surface area contributed by atoms with Crippen LogP contribution in [0, 0.1) is 0 Å². The standard InChI is InChI=1S/C11H17F2N3O/c12-11(13)16-5-4-15-10(16)8-14-7-9-3-1-2-6-17-9/h4-5,9,11,14H,1-3,6-8H2. The monoisotopic (exact) mass is 245 g/mol. The van der Waals surface area contributed by atoms with Gasteiger partial charge in [-0.3, -0.25) is 4.57 Å². The van der Waals surface area contributed by atoms with E-state index in [1.807, 2.05) is 0 Å². The highest BCUT2D eigenvalue weighted by Crippen LogP contribution is 2.13. The normalized spacial score (nSPS) is 21.0. The van der Waals surface area contributed by atoms with E-state index in [1.165, 1.54) is 18.8 Å². The molecule has 1 fully saturated rings. The van der Waals surface area contributed by atoms with Crippen molar-refractivity contribution in [3.8, 4) is 0 Å². The van der Waals surface area contributed by atoms with Crippen LogP contribution in [0.4, 0.5) is 8.78 Å². The number of hydrogen-bond acceptors (Lipinski definition) is 3. The fourth-order valence-electron chi connectivity index (χ4n) is 1.97. The number of halogens is 2. The molecule has 0 saturated carbocycles. The zero-order valence-corrected chi connectivity index (χ0v) is 9.61. The van der Waals surface area contributed by atoms with Gasteiger partial charge in [0, 0.05) is 25.5 Å². The molecule has 1 atom stereocenters. The molecule has 0 amide bonds. The summed E-state index contributed by atoms with van der Waals surface area (Å²) in [4.78, 5) is 3.90. The minimum atomic E-state index is -2.53. The predicted molar refractivity (Wildman–Crippen MR) is 58.8 cm³/mol. The summed E-state index contributed by atoms with van der Waals surface area (Å²) < 4.78 is 31.4. The van der Waals surface area contributed by atoms with Crippen LogP contribution in [0.1, 0.15) is 31.6 Å². The molecule has 96 valence electrons. The summed E-state index contributed by atoms with van der Waals surface area (Å²) in [6.07, 6.45) is 6.22. The summed E-state index contributed by atoms with van der Waals surface area (Å²) in [7, 11) is 0. The molecular formula is C11H17F2N3O. The Labute approximate surface area is 99.0 Å². The number of alkyl halides is 2. The van der Waals surface area contributed by atoms with Crippen molar-refractivity contribution in [3.05, 3.63) is 18.2 Å². The van der Waals surface area contributed by atoms with Gasteiger partial charge in [0.2, 0.25) is 0 Å². The Morgan fingerprint density at radius 2 is 2.41 bits per heavy atom. The third-order valence-corrected chi connectivity index (χ3v) is 2.89. The molecule has 2 heterocycles. The van der Waals surface area contributed by atoms with Gasteiger partial charge in [-0.25, -0.2) is 4.98 Å². The second kappa shape index (κ2) is 6.07. The molecule has 2 rings (SSSR count). The van der Waals surface area contributed by atoms with Crippen LogP contribution in [0.25, 0.3) is 0 Å². The Bertz CT molecular complexity index is 337. The molecule has 6 heteroatoms. The van der Waals surface area contributed by atoms with Gasteiger partial charge in [-0.05, 0) is 19.3 Å². The average molecular weight is 245 g/mol. The molecule has 1 saturated heterocycles. The molecule has 0 spiro atoms. The number of ether oxygens (including phenoxy) is 1. The molecule has 0 bridgehead atoms. The van der Waals surface area contributed by atoms with Crippen molar-refractivity contribution in [1.29, 1.82) is 0 Å². The first kappa shape index (κ1) is 12.4. The Balaban J connectivity index is 1.75. The highest BCUT2D eigenvalue weighted by Gasteiger charge is 2.14. The molecular weight excluding hydrogens is 228 g/mol. The largest absolute Gasteiger partial charge is 0.377 e. The Kier molecular flexibility index (Phi) is 4.44. The van der Waals surface area contributed by atoms with E-state index < -0.39 is 6.55 Å². The quantitative estimate of drug-likeness (QED) is 0.861. The first-order valence-electron chi connectivity index (χ1n) is 5.89. The third-order valence-electron chi connectivity index (χ3n) is 2.89. The second-order valence-corrected chi connectivity index (χ2v) is 4.15. The molecule has 0 aliphatic carbocycles. The lowest BCUT2D eigenvalue weighted by Gasteiger charge is -2.22. The van der Waals surface area contributed by atoms with Crippen molar-refractivity contribution in [2.75, 3.05) is 13.2 Å². The molecule has 1 aliphatic heterocycles. The lowest BCUT2D eigenvalue weighted by atomic mass is 10.1. The first-order chi connectivity index (χ1) is 8.27. The summed E-state index contributed by atoms with van der Waals surface area (Å²) in [6.45, 7) is -0.689. The van der Waals surface area contributed by atoms with E-state index in [-0.39, 0.29) is 6.10 Å². The van der Waals surface area contributed by atoms with Crippen LogP contribution in [0.5, 0.6) is 0 Å². The van der Waals surface area contributed by atoms with E-state index in [1.54, 1.807) is 0 Å². The summed E-state index contributed by atoms with van der Waals surface area (Å²) in [5.41, 5.74) is 0. The van der Waals surface area contributed by atoms with E-state index in [0.29, 0.717) is 18.9 Å². The lowest BCUT2D eigenvalue weighted by molar-refractivity contribution is 0.0163. The number of rotatable bonds is 5. The lowest BCUT2D eigenvalue weighted by Crippen LogP contribution is -2.32. The van der Waals surface area contributed by atoms with E-state index in [2.05, 4.69) is 10.3 Å². The summed E-state index contributed by atoms with van der Waals surface area (Å²) in [5.74, 6) is 0.357. The Hall–Kier alpha value is -1.01. The number of nitrogens with zero attached hydrogens (tertiary/aromatic N) is 2. The zero-order valence-electron chi connectivity index (χ0n) is 9.61. The van der Waals surface area contributed by atoms with Gasteiger partial charge in [-0.15, -0.1) is 0 Å². The molecule has 1 aliphatic rings. The predicted octanol–water partition coefficient (Wildman–Crippen LogP) is 1.94. The number of aromatic nitrogens is 2.